The molecule has 2 aromatic carbocycles. The summed E-state index contributed by atoms with van der Waals surface area (Å²) in [6, 6.07) is 13.6. The van der Waals surface area contributed by atoms with Crippen molar-refractivity contribution in [2.75, 3.05) is 5.32 Å². The lowest BCUT2D eigenvalue weighted by molar-refractivity contribution is 0.102. The van der Waals surface area contributed by atoms with E-state index in [1.807, 2.05) is 6.92 Å². The number of fused-ring (bicyclic) bond motifs is 1. The number of carbonyl (C=O) groups excluding carboxylic acids is 1. The number of aromatic amines is 1. The lowest BCUT2D eigenvalue weighted by atomic mass is 10.1. The van der Waals surface area contributed by atoms with Crippen molar-refractivity contribution < 1.29 is 9.90 Å². The van der Waals surface area contributed by atoms with Crippen LogP contribution in [0.5, 0.6) is 5.75 Å². The van der Waals surface area contributed by atoms with Gasteiger partial charge in [-0.3, -0.25) is 9.59 Å². The lowest BCUT2D eigenvalue weighted by Gasteiger charge is -2.08. The molecular weight excluding hydrogens is 280 g/mol. The minimum atomic E-state index is -0.484. The van der Waals surface area contributed by atoms with Crippen molar-refractivity contribution in [3.05, 3.63) is 70.1 Å². The van der Waals surface area contributed by atoms with E-state index in [1.165, 1.54) is 0 Å². The average molecular weight is 294 g/mol. The van der Waals surface area contributed by atoms with Crippen molar-refractivity contribution in [3.8, 4) is 5.75 Å². The van der Waals surface area contributed by atoms with E-state index in [0.29, 0.717) is 16.5 Å². The number of aromatic nitrogens is 1. The summed E-state index contributed by atoms with van der Waals surface area (Å²) in [5.74, 6) is -0.501. The number of hydrogen-bond acceptors (Lipinski definition) is 3. The first-order valence-electron chi connectivity index (χ1n) is 6.77. The number of H-pyrrole nitrogens is 1. The molecule has 0 saturated heterocycles. The third kappa shape index (κ3) is 2.56. The second-order valence-corrected chi connectivity index (χ2v) is 5.07. The maximum absolute atomic E-state index is 12.3. The standard InChI is InChI=1S/C17H14N2O3/c1-10-6-7-13(15(20)8-10)18-17(22)14-9-11-4-2-3-5-12(11)16(21)19-14/h2-9,20H,1H3,(H,18,22)(H,19,21). The van der Waals surface area contributed by atoms with Gasteiger partial charge in [0.15, 0.2) is 0 Å². The molecule has 1 amide bonds. The number of phenols is 1. The van der Waals surface area contributed by atoms with Gasteiger partial charge in [0, 0.05) is 5.39 Å². The highest BCUT2D eigenvalue weighted by Gasteiger charge is 2.11. The van der Waals surface area contributed by atoms with Gasteiger partial charge in [0.05, 0.1) is 5.69 Å². The Morgan fingerprint density at radius 2 is 1.91 bits per heavy atom. The maximum atomic E-state index is 12.3. The molecule has 0 bridgehead atoms. The fourth-order valence-electron chi connectivity index (χ4n) is 2.27. The number of benzene rings is 2. The number of rotatable bonds is 2. The van der Waals surface area contributed by atoms with Crippen LogP contribution in [-0.4, -0.2) is 16.0 Å². The molecule has 0 aliphatic rings. The van der Waals surface area contributed by atoms with Gasteiger partial charge in [0.25, 0.3) is 11.5 Å². The monoisotopic (exact) mass is 294 g/mol. The van der Waals surface area contributed by atoms with Gasteiger partial charge in [0.1, 0.15) is 11.4 Å². The smallest absolute Gasteiger partial charge is 0.272 e. The van der Waals surface area contributed by atoms with E-state index in [0.717, 1.165) is 5.56 Å². The van der Waals surface area contributed by atoms with Crippen LogP contribution in [0.25, 0.3) is 10.8 Å². The number of aryl methyl sites for hydroxylation is 1. The van der Waals surface area contributed by atoms with Crippen molar-refractivity contribution in [2.45, 2.75) is 6.92 Å². The Kier molecular flexibility index (Phi) is 3.39. The first-order chi connectivity index (χ1) is 10.5. The van der Waals surface area contributed by atoms with Crippen LogP contribution in [0.4, 0.5) is 5.69 Å². The molecule has 5 heteroatoms. The summed E-state index contributed by atoms with van der Waals surface area (Å²) < 4.78 is 0. The Hall–Kier alpha value is -3.08. The van der Waals surface area contributed by atoms with E-state index in [1.54, 1.807) is 48.5 Å². The van der Waals surface area contributed by atoms with Crippen LogP contribution in [-0.2, 0) is 0 Å². The zero-order valence-corrected chi connectivity index (χ0v) is 11.9. The molecule has 0 fully saturated rings. The molecule has 1 aromatic heterocycles. The van der Waals surface area contributed by atoms with Crippen molar-refractivity contribution >= 4 is 22.4 Å². The fraction of sp³-hybridized carbons (Fsp3) is 0.0588. The largest absolute Gasteiger partial charge is 0.506 e. The maximum Gasteiger partial charge on any atom is 0.272 e. The molecule has 0 aliphatic carbocycles. The molecular formula is C17H14N2O3. The van der Waals surface area contributed by atoms with Crippen molar-refractivity contribution in [2.24, 2.45) is 0 Å². The number of anilines is 1. The van der Waals surface area contributed by atoms with E-state index < -0.39 is 5.91 Å². The average Bonchev–Trinajstić information content (AvgIpc) is 2.50. The summed E-state index contributed by atoms with van der Waals surface area (Å²) in [6.45, 7) is 1.84. The Bertz CT molecular complexity index is 929. The number of phenolic OH excluding ortho intramolecular Hbond substituents is 1. The van der Waals surface area contributed by atoms with Gasteiger partial charge in [-0.15, -0.1) is 0 Å². The molecule has 0 atom stereocenters. The zero-order valence-electron chi connectivity index (χ0n) is 11.9. The molecule has 22 heavy (non-hydrogen) atoms. The number of pyridine rings is 1. The molecule has 0 unspecified atom stereocenters. The summed E-state index contributed by atoms with van der Waals surface area (Å²) in [7, 11) is 0. The van der Waals surface area contributed by atoms with E-state index in [-0.39, 0.29) is 17.0 Å². The van der Waals surface area contributed by atoms with Gasteiger partial charge in [-0.1, -0.05) is 24.3 Å². The number of amides is 1. The summed E-state index contributed by atoms with van der Waals surface area (Å²) in [5.41, 5.74) is 0.999. The van der Waals surface area contributed by atoms with Crippen molar-refractivity contribution in [1.82, 2.24) is 4.98 Å². The van der Waals surface area contributed by atoms with Gasteiger partial charge in [0.2, 0.25) is 0 Å². The van der Waals surface area contributed by atoms with Gasteiger partial charge < -0.3 is 15.4 Å². The van der Waals surface area contributed by atoms with Gasteiger partial charge in [-0.25, -0.2) is 0 Å². The summed E-state index contributed by atoms with van der Waals surface area (Å²) >= 11 is 0. The van der Waals surface area contributed by atoms with Crippen molar-refractivity contribution in [1.29, 1.82) is 0 Å². The minimum Gasteiger partial charge on any atom is -0.506 e. The summed E-state index contributed by atoms with van der Waals surface area (Å²) in [5, 5.41) is 13.6. The quantitative estimate of drug-likeness (QED) is 0.636. The van der Waals surface area contributed by atoms with Crippen LogP contribution in [0.1, 0.15) is 16.1 Å². The van der Waals surface area contributed by atoms with Gasteiger partial charge in [-0.2, -0.15) is 0 Å². The topological polar surface area (TPSA) is 82.2 Å². The Labute approximate surface area is 126 Å². The van der Waals surface area contributed by atoms with Crippen LogP contribution in [0.3, 0.4) is 0 Å². The highest BCUT2D eigenvalue weighted by atomic mass is 16.3. The molecule has 110 valence electrons. The predicted octanol–water partition coefficient (Wildman–Crippen LogP) is 2.79. The van der Waals surface area contributed by atoms with Crippen LogP contribution in [0, 0.1) is 6.92 Å². The van der Waals surface area contributed by atoms with Crippen LogP contribution < -0.4 is 10.9 Å². The van der Waals surface area contributed by atoms with E-state index in [4.69, 9.17) is 0 Å². The molecule has 0 spiro atoms. The third-order valence-electron chi connectivity index (χ3n) is 3.40. The number of carbonyl (C=O) groups is 1. The zero-order chi connectivity index (χ0) is 15.7. The number of aromatic hydroxyl groups is 1. The minimum absolute atomic E-state index is 0.0171. The SMILES string of the molecule is Cc1ccc(NC(=O)c2cc3ccccc3c(=O)[nH]2)c(O)c1. The Morgan fingerprint density at radius 3 is 2.68 bits per heavy atom. The van der Waals surface area contributed by atoms with E-state index in [9.17, 15) is 14.7 Å². The second kappa shape index (κ2) is 5.37. The van der Waals surface area contributed by atoms with E-state index in [2.05, 4.69) is 10.3 Å². The molecule has 3 aromatic rings. The first kappa shape index (κ1) is 13.9. The summed E-state index contributed by atoms with van der Waals surface area (Å²) in [6.07, 6.45) is 0. The predicted molar refractivity (Wildman–Crippen MR) is 85.4 cm³/mol. The highest BCUT2D eigenvalue weighted by Crippen LogP contribution is 2.24. The van der Waals surface area contributed by atoms with Crippen LogP contribution in [0.2, 0.25) is 0 Å². The van der Waals surface area contributed by atoms with Crippen molar-refractivity contribution in [3.63, 3.8) is 0 Å². The van der Waals surface area contributed by atoms with Crippen LogP contribution >= 0.6 is 0 Å². The molecule has 3 rings (SSSR count). The number of nitrogens with one attached hydrogen (secondary N) is 2. The second-order valence-electron chi connectivity index (χ2n) is 5.07. The van der Waals surface area contributed by atoms with Gasteiger partial charge >= 0.3 is 0 Å². The molecule has 0 aliphatic heterocycles. The normalized spacial score (nSPS) is 10.6. The lowest BCUT2D eigenvalue weighted by Crippen LogP contribution is -2.19. The Balaban J connectivity index is 1.97. The highest BCUT2D eigenvalue weighted by molar-refractivity contribution is 6.05. The fourth-order valence-corrected chi connectivity index (χ4v) is 2.27. The van der Waals surface area contributed by atoms with Gasteiger partial charge in [-0.05, 0) is 42.1 Å². The molecule has 3 N–H and O–H groups in total. The molecule has 0 radical (unpaired) electrons. The van der Waals surface area contributed by atoms with E-state index >= 15 is 0 Å². The molecule has 0 saturated carbocycles. The number of hydrogen-bond donors (Lipinski definition) is 3. The summed E-state index contributed by atoms with van der Waals surface area (Å²) in [4.78, 5) is 26.8. The molecule has 1 heterocycles. The van der Waals surface area contributed by atoms with Crippen LogP contribution in [0.15, 0.2) is 53.3 Å². The molecule has 5 nitrogen and oxygen atoms in total. The third-order valence-corrected chi connectivity index (χ3v) is 3.40. The first-order valence-corrected chi connectivity index (χ1v) is 6.77. The Morgan fingerprint density at radius 1 is 1.14 bits per heavy atom.